The maximum atomic E-state index is 12.2. The Kier molecular flexibility index (Phi) is 3.55. The van der Waals surface area contributed by atoms with Crippen LogP contribution in [0.2, 0.25) is 0 Å². The maximum Gasteiger partial charge on any atom is 0.225 e. The Hall–Kier alpha value is -2.10. The molecule has 1 unspecified atom stereocenters. The van der Waals surface area contributed by atoms with Gasteiger partial charge in [-0.1, -0.05) is 18.2 Å². The molecule has 4 heteroatoms. The van der Waals surface area contributed by atoms with Gasteiger partial charge in [0.1, 0.15) is 0 Å². The predicted molar refractivity (Wildman–Crippen MR) is 90.0 cm³/mol. The number of benzene rings is 1. The SMILES string of the molecule is Cc1cc(NC2CC(=O)N(C(C)(C)C)C2)c2ccccc2n1. The number of anilines is 1. The van der Waals surface area contributed by atoms with Crippen LogP contribution in [0.1, 0.15) is 32.9 Å². The Morgan fingerprint density at radius 3 is 2.68 bits per heavy atom. The van der Waals surface area contributed by atoms with E-state index in [9.17, 15) is 4.79 Å². The van der Waals surface area contributed by atoms with Gasteiger partial charge in [-0.3, -0.25) is 9.78 Å². The number of aromatic nitrogens is 1. The number of likely N-dealkylation sites (tertiary alicyclic amines) is 1. The maximum absolute atomic E-state index is 12.2. The van der Waals surface area contributed by atoms with Crippen LogP contribution in [0.25, 0.3) is 10.9 Å². The van der Waals surface area contributed by atoms with E-state index < -0.39 is 0 Å². The number of para-hydroxylation sites is 1. The fraction of sp³-hybridized carbons (Fsp3) is 0.444. The summed E-state index contributed by atoms with van der Waals surface area (Å²) in [5, 5.41) is 4.66. The van der Waals surface area contributed by atoms with E-state index in [0.717, 1.165) is 28.8 Å². The van der Waals surface area contributed by atoms with E-state index in [-0.39, 0.29) is 17.5 Å². The molecule has 1 fully saturated rings. The summed E-state index contributed by atoms with van der Waals surface area (Å²) >= 11 is 0. The van der Waals surface area contributed by atoms with Crippen molar-refractivity contribution in [3.8, 4) is 0 Å². The zero-order valence-corrected chi connectivity index (χ0v) is 13.7. The van der Waals surface area contributed by atoms with E-state index in [1.165, 1.54) is 0 Å². The minimum atomic E-state index is -0.121. The van der Waals surface area contributed by atoms with E-state index in [0.29, 0.717) is 6.42 Å². The van der Waals surface area contributed by atoms with Crippen LogP contribution in [0.3, 0.4) is 0 Å². The lowest BCUT2D eigenvalue weighted by Crippen LogP contribution is -2.43. The summed E-state index contributed by atoms with van der Waals surface area (Å²) in [5.74, 6) is 0.222. The Labute approximate surface area is 131 Å². The Balaban J connectivity index is 1.87. The molecule has 1 aromatic carbocycles. The van der Waals surface area contributed by atoms with Crippen molar-refractivity contribution in [1.82, 2.24) is 9.88 Å². The number of fused-ring (bicyclic) bond motifs is 1. The normalized spacial score (nSPS) is 19.0. The third kappa shape index (κ3) is 2.78. The second-order valence-corrected chi connectivity index (χ2v) is 7.05. The monoisotopic (exact) mass is 297 g/mol. The molecule has 2 heterocycles. The molecule has 0 aliphatic carbocycles. The molecule has 0 bridgehead atoms. The first-order valence-corrected chi connectivity index (χ1v) is 7.78. The topological polar surface area (TPSA) is 45.2 Å². The van der Waals surface area contributed by atoms with Crippen LogP contribution in [-0.4, -0.2) is 33.9 Å². The number of pyridine rings is 1. The summed E-state index contributed by atoms with van der Waals surface area (Å²) in [4.78, 5) is 18.7. The van der Waals surface area contributed by atoms with Gasteiger partial charge in [-0.05, 0) is 39.8 Å². The van der Waals surface area contributed by atoms with Crippen molar-refractivity contribution < 1.29 is 4.79 Å². The molecule has 22 heavy (non-hydrogen) atoms. The smallest absolute Gasteiger partial charge is 0.225 e. The first-order chi connectivity index (χ1) is 10.3. The molecule has 116 valence electrons. The van der Waals surface area contributed by atoms with Gasteiger partial charge in [0.05, 0.1) is 11.6 Å². The molecule has 1 saturated heterocycles. The van der Waals surface area contributed by atoms with Crippen molar-refractivity contribution in [2.45, 2.75) is 45.7 Å². The van der Waals surface area contributed by atoms with Crippen LogP contribution in [-0.2, 0) is 4.79 Å². The van der Waals surface area contributed by atoms with Crippen LogP contribution in [0, 0.1) is 6.92 Å². The van der Waals surface area contributed by atoms with Crippen LogP contribution in [0.15, 0.2) is 30.3 Å². The molecule has 2 aromatic rings. The van der Waals surface area contributed by atoms with Gasteiger partial charge in [0, 0.05) is 35.3 Å². The number of carbonyl (C=O) groups excluding carboxylic acids is 1. The average molecular weight is 297 g/mol. The molecular formula is C18H23N3O. The second-order valence-electron chi connectivity index (χ2n) is 7.05. The fourth-order valence-corrected chi connectivity index (χ4v) is 3.10. The van der Waals surface area contributed by atoms with Crippen LogP contribution in [0.4, 0.5) is 5.69 Å². The van der Waals surface area contributed by atoms with Crippen molar-refractivity contribution in [3.63, 3.8) is 0 Å². The van der Waals surface area contributed by atoms with Gasteiger partial charge < -0.3 is 10.2 Å². The average Bonchev–Trinajstić information content (AvgIpc) is 2.79. The first kappa shape index (κ1) is 14.8. The second kappa shape index (κ2) is 5.27. The molecule has 1 aromatic heterocycles. The first-order valence-electron chi connectivity index (χ1n) is 7.78. The predicted octanol–water partition coefficient (Wildman–Crippen LogP) is 3.35. The molecule has 3 rings (SSSR count). The summed E-state index contributed by atoms with van der Waals surface area (Å²) in [7, 11) is 0. The Morgan fingerprint density at radius 2 is 2.00 bits per heavy atom. The van der Waals surface area contributed by atoms with Crippen LogP contribution >= 0.6 is 0 Å². The summed E-state index contributed by atoms with van der Waals surface area (Å²) in [6.45, 7) is 8.99. The zero-order chi connectivity index (χ0) is 15.9. The van der Waals surface area contributed by atoms with Crippen molar-refractivity contribution >= 4 is 22.5 Å². The van der Waals surface area contributed by atoms with Gasteiger partial charge in [0.15, 0.2) is 0 Å². The molecule has 0 radical (unpaired) electrons. The summed E-state index contributed by atoms with van der Waals surface area (Å²) in [5.41, 5.74) is 2.92. The van der Waals surface area contributed by atoms with E-state index in [1.54, 1.807) is 0 Å². The third-order valence-corrected chi connectivity index (χ3v) is 4.14. The number of hydrogen-bond donors (Lipinski definition) is 1. The number of carbonyl (C=O) groups is 1. The van der Waals surface area contributed by atoms with Crippen molar-refractivity contribution in [2.24, 2.45) is 0 Å². The lowest BCUT2D eigenvalue weighted by atomic mass is 10.1. The number of nitrogens with zero attached hydrogens (tertiary/aromatic N) is 2. The van der Waals surface area contributed by atoms with Crippen LogP contribution in [0.5, 0.6) is 0 Å². The minimum absolute atomic E-state index is 0.121. The zero-order valence-electron chi connectivity index (χ0n) is 13.7. The van der Waals surface area contributed by atoms with E-state index in [1.807, 2.05) is 30.0 Å². The highest BCUT2D eigenvalue weighted by atomic mass is 16.2. The van der Waals surface area contributed by atoms with Crippen molar-refractivity contribution in [1.29, 1.82) is 0 Å². The number of rotatable bonds is 2. The highest BCUT2D eigenvalue weighted by Crippen LogP contribution is 2.28. The molecule has 1 N–H and O–H groups in total. The molecule has 4 nitrogen and oxygen atoms in total. The standard InChI is InChI=1S/C18H23N3O/c1-12-9-16(14-7-5-6-8-15(14)19-12)20-13-10-17(22)21(11-13)18(2,3)4/h5-9,13H,10-11H2,1-4H3,(H,19,20). The number of nitrogens with one attached hydrogen (secondary N) is 1. The third-order valence-electron chi connectivity index (χ3n) is 4.14. The van der Waals surface area contributed by atoms with Crippen LogP contribution < -0.4 is 5.32 Å². The van der Waals surface area contributed by atoms with Gasteiger partial charge in [-0.15, -0.1) is 0 Å². The Bertz CT molecular complexity index is 718. The number of amides is 1. The lowest BCUT2D eigenvalue weighted by molar-refractivity contribution is -0.131. The summed E-state index contributed by atoms with van der Waals surface area (Å²) < 4.78 is 0. The summed E-state index contributed by atoms with van der Waals surface area (Å²) in [6, 6.07) is 10.3. The fourth-order valence-electron chi connectivity index (χ4n) is 3.10. The van der Waals surface area contributed by atoms with Crippen molar-refractivity contribution in [3.05, 3.63) is 36.0 Å². The lowest BCUT2D eigenvalue weighted by Gasteiger charge is -2.32. The highest BCUT2D eigenvalue weighted by molar-refractivity contribution is 5.92. The van der Waals surface area contributed by atoms with Gasteiger partial charge in [0.2, 0.25) is 5.91 Å². The summed E-state index contributed by atoms with van der Waals surface area (Å²) in [6.07, 6.45) is 0.549. The number of aryl methyl sites for hydroxylation is 1. The van der Waals surface area contributed by atoms with Crippen molar-refractivity contribution in [2.75, 3.05) is 11.9 Å². The van der Waals surface area contributed by atoms with E-state index in [2.05, 4.69) is 43.2 Å². The van der Waals surface area contributed by atoms with E-state index in [4.69, 9.17) is 0 Å². The van der Waals surface area contributed by atoms with Gasteiger partial charge in [-0.2, -0.15) is 0 Å². The molecule has 1 amide bonds. The van der Waals surface area contributed by atoms with Gasteiger partial charge >= 0.3 is 0 Å². The quantitative estimate of drug-likeness (QED) is 0.924. The molecule has 1 atom stereocenters. The number of hydrogen-bond acceptors (Lipinski definition) is 3. The molecule has 1 aliphatic rings. The molecule has 0 saturated carbocycles. The molecule has 0 spiro atoms. The molecular weight excluding hydrogens is 274 g/mol. The molecule has 1 aliphatic heterocycles. The largest absolute Gasteiger partial charge is 0.379 e. The van der Waals surface area contributed by atoms with Gasteiger partial charge in [0.25, 0.3) is 0 Å². The Morgan fingerprint density at radius 1 is 1.27 bits per heavy atom. The van der Waals surface area contributed by atoms with E-state index >= 15 is 0 Å². The highest BCUT2D eigenvalue weighted by Gasteiger charge is 2.36. The van der Waals surface area contributed by atoms with Gasteiger partial charge in [-0.25, -0.2) is 0 Å². The minimum Gasteiger partial charge on any atom is -0.379 e.